The SMILES string of the molecule is N#CCNC(=O)CN1C(=O)C(=O)c2cc(F)c(F)cc21. The second kappa shape index (κ2) is 5.05. The monoisotopic (exact) mass is 279 g/mol. The number of carbonyl (C=O) groups excluding carboxylic acids is 3. The van der Waals surface area contributed by atoms with Crippen molar-refractivity contribution in [3.05, 3.63) is 29.3 Å². The van der Waals surface area contributed by atoms with Gasteiger partial charge in [0.2, 0.25) is 5.91 Å². The quantitative estimate of drug-likeness (QED) is 0.629. The maximum atomic E-state index is 13.2. The van der Waals surface area contributed by atoms with Gasteiger partial charge >= 0.3 is 0 Å². The molecule has 2 rings (SSSR count). The van der Waals surface area contributed by atoms with Gasteiger partial charge in [0.15, 0.2) is 11.6 Å². The van der Waals surface area contributed by atoms with Crippen LogP contribution in [0.3, 0.4) is 0 Å². The van der Waals surface area contributed by atoms with E-state index in [1.807, 2.05) is 0 Å². The van der Waals surface area contributed by atoms with E-state index in [0.29, 0.717) is 12.1 Å². The number of halogens is 2. The Labute approximate surface area is 111 Å². The van der Waals surface area contributed by atoms with Gasteiger partial charge in [0.25, 0.3) is 11.7 Å². The first-order valence-corrected chi connectivity index (χ1v) is 5.44. The summed E-state index contributed by atoms with van der Waals surface area (Å²) in [5, 5.41) is 10.5. The van der Waals surface area contributed by atoms with Crippen molar-refractivity contribution in [2.24, 2.45) is 0 Å². The van der Waals surface area contributed by atoms with E-state index < -0.39 is 35.8 Å². The Kier molecular flexibility index (Phi) is 3.43. The number of nitrogens with one attached hydrogen (secondary N) is 1. The van der Waals surface area contributed by atoms with E-state index in [-0.39, 0.29) is 17.8 Å². The molecule has 0 spiro atoms. The van der Waals surface area contributed by atoms with Crippen molar-refractivity contribution in [3.8, 4) is 6.07 Å². The fraction of sp³-hybridized carbons (Fsp3) is 0.167. The topological polar surface area (TPSA) is 90.3 Å². The summed E-state index contributed by atoms with van der Waals surface area (Å²) in [5.41, 5.74) is -0.451. The van der Waals surface area contributed by atoms with Crippen LogP contribution in [-0.2, 0) is 9.59 Å². The number of carbonyl (C=O) groups is 3. The molecule has 6 nitrogen and oxygen atoms in total. The molecule has 1 heterocycles. The van der Waals surface area contributed by atoms with Crippen LogP contribution in [0.25, 0.3) is 0 Å². The molecule has 0 atom stereocenters. The maximum Gasteiger partial charge on any atom is 0.299 e. The lowest BCUT2D eigenvalue weighted by Crippen LogP contribution is -2.40. The predicted octanol–water partition coefficient (Wildman–Crippen LogP) is 0.134. The number of nitriles is 1. The molecular formula is C12H7F2N3O3. The lowest BCUT2D eigenvalue weighted by atomic mass is 10.1. The number of anilines is 1. The molecule has 0 saturated heterocycles. The lowest BCUT2D eigenvalue weighted by Gasteiger charge is -2.15. The smallest absolute Gasteiger partial charge is 0.299 e. The Morgan fingerprint density at radius 3 is 2.60 bits per heavy atom. The van der Waals surface area contributed by atoms with Gasteiger partial charge in [0.05, 0.1) is 17.3 Å². The number of hydrogen-bond donors (Lipinski definition) is 1. The molecule has 0 bridgehead atoms. The molecular weight excluding hydrogens is 272 g/mol. The normalized spacial score (nSPS) is 13.2. The second-order valence-electron chi connectivity index (χ2n) is 3.94. The predicted molar refractivity (Wildman–Crippen MR) is 61.7 cm³/mol. The average Bonchev–Trinajstić information content (AvgIpc) is 2.63. The number of Topliss-reactive ketones (excluding diaryl/α,β-unsaturated/α-hetero) is 1. The van der Waals surface area contributed by atoms with Gasteiger partial charge in [-0.2, -0.15) is 5.26 Å². The van der Waals surface area contributed by atoms with E-state index in [1.165, 1.54) is 0 Å². The largest absolute Gasteiger partial charge is 0.341 e. The van der Waals surface area contributed by atoms with Gasteiger partial charge in [-0.1, -0.05) is 0 Å². The summed E-state index contributed by atoms with van der Waals surface area (Å²) in [5.74, 6) is -5.22. The first-order valence-electron chi connectivity index (χ1n) is 5.44. The van der Waals surface area contributed by atoms with Gasteiger partial charge in [0, 0.05) is 6.07 Å². The minimum Gasteiger partial charge on any atom is -0.341 e. The second-order valence-corrected chi connectivity index (χ2v) is 3.94. The van der Waals surface area contributed by atoms with Crippen molar-refractivity contribution in [1.82, 2.24) is 5.32 Å². The van der Waals surface area contributed by atoms with Crippen molar-refractivity contribution in [2.45, 2.75) is 0 Å². The number of benzene rings is 1. The number of rotatable bonds is 3. The minimum absolute atomic E-state index is 0.161. The lowest BCUT2D eigenvalue weighted by molar-refractivity contribution is -0.121. The van der Waals surface area contributed by atoms with Crippen molar-refractivity contribution in [3.63, 3.8) is 0 Å². The molecule has 1 aliphatic rings. The third-order valence-electron chi connectivity index (χ3n) is 2.68. The van der Waals surface area contributed by atoms with E-state index in [1.54, 1.807) is 6.07 Å². The third kappa shape index (κ3) is 2.21. The fourth-order valence-corrected chi connectivity index (χ4v) is 1.78. The molecule has 0 saturated carbocycles. The standard InChI is InChI=1S/C12H7F2N3O3/c13-7-3-6-9(4-8(7)14)17(12(20)11(6)19)5-10(18)16-2-1-15/h3-4H,2,5H2,(H,16,18). The van der Waals surface area contributed by atoms with Gasteiger partial charge in [0.1, 0.15) is 13.1 Å². The summed E-state index contributed by atoms with van der Waals surface area (Å²) in [7, 11) is 0. The first kappa shape index (κ1) is 13.6. The van der Waals surface area contributed by atoms with E-state index in [2.05, 4.69) is 5.32 Å². The van der Waals surface area contributed by atoms with E-state index >= 15 is 0 Å². The van der Waals surface area contributed by atoms with Gasteiger partial charge < -0.3 is 5.32 Å². The van der Waals surface area contributed by atoms with Crippen molar-refractivity contribution in [1.29, 1.82) is 5.26 Å². The summed E-state index contributed by atoms with van der Waals surface area (Å²) >= 11 is 0. The Balaban J connectivity index is 2.31. The number of ketones is 1. The number of nitrogens with zero attached hydrogens (tertiary/aromatic N) is 2. The average molecular weight is 279 g/mol. The first-order chi connectivity index (χ1) is 9.45. The van der Waals surface area contributed by atoms with Gasteiger partial charge in [-0.15, -0.1) is 0 Å². The van der Waals surface area contributed by atoms with Crippen LogP contribution >= 0.6 is 0 Å². The van der Waals surface area contributed by atoms with E-state index in [4.69, 9.17) is 5.26 Å². The molecule has 1 N–H and O–H groups in total. The molecule has 102 valence electrons. The third-order valence-corrected chi connectivity index (χ3v) is 2.68. The van der Waals surface area contributed by atoms with Crippen LogP contribution in [0.4, 0.5) is 14.5 Å². The van der Waals surface area contributed by atoms with Gasteiger partial charge in [-0.05, 0) is 6.07 Å². The summed E-state index contributed by atoms with van der Waals surface area (Å²) in [4.78, 5) is 35.5. The van der Waals surface area contributed by atoms with Crippen LogP contribution < -0.4 is 10.2 Å². The van der Waals surface area contributed by atoms with Crippen LogP contribution in [0.15, 0.2) is 12.1 Å². The Hall–Kier alpha value is -2.82. The van der Waals surface area contributed by atoms with Crippen molar-refractivity contribution >= 4 is 23.3 Å². The fourth-order valence-electron chi connectivity index (χ4n) is 1.78. The van der Waals surface area contributed by atoms with E-state index in [9.17, 15) is 23.2 Å². The molecule has 0 fully saturated rings. The van der Waals surface area contributed by atoms with Crippen LogP contribution in [0.2, 0.25) is 0 Å². The Bertz CT molecular complexity index is 667. The molecule has 8 heteroatoms. The summed E-state index contributed by atoms with van der Waals surface area (Å²) in [6.07, 6.45) is 0. The highest BCUT2D eigenvalue weighted by molar-refractivity contribution is 6.52. The molecule has 20 heavy (non-hydrogen) atoms. The number of hydrogen-bond acceptors (Lipinski definition) is 4. The molecule has 2 amide bonds. The maximum absolute atomic E-state index is 13.2. The highest BCUT2D eigenvalue weighted by atomic mass is 19.2. The summed E-state index contributed by atoms with van der Waals surface area (Å²) < 4.78 is 26.2. The Morgan fingerprint density at radius 1 is 1.30 bits per heavy atom. The molecule has 1 aromatic rings. The zero-order valence-corrected chi connectivity index (χ0v) is 9.94. The van der Waals surface area contributed by atoms with E-state index in [0.717, 1.165) is 4.90 Å². The van der Waals surface area contributed by atoms with Crippen molar-refractivity contribution in [2.75, 3.05) is 18.0 Å². The number of amides is 2. The van der Waals surface area contributed by atoms with Gasteiger partial charge in [-0.3, -0.25) is 19.3 Å². The molecule has 0 aromatic heterocycles. The van der Waals surface area contributed by atoms with Crippen molar-refractivity contribution < 1.29 is 23.2 Å². The molecule has 0 radical (unpaired) electrons. The summed E-state index contributed by atoms with van der Waals surface area (Å²) in [6, 6.07) is 2.98. The highest BCUT2D eigenvalue weighted by Crippen LogP contribution is 2.30. The zero-order chi connectivity index (χ0) is 14.9. The highest BCUT2D eigenvalue weighted by Gasteiger charge is 2.37. The van der Waals surface area contributed by atoms with Crippen LogP contribution in [0.1, 0.15) is 10.4 Å². The Morgan fingerprint density at radius 2 is 1.95 bits per heavy atom. The molecule has 0 unspecified atom stereocenters. The van der Waals surface area contributed by atoms with Crippen LogP contribution in [-0.4, -0.2) is 30.7 Å². The molecule has 1 aromatic carbocycles. The zero-order valence-electron chi connectivity index (χ0n) is 9.94. The van der Waals surface area contributed by atoms with Crippen LogP contribution in [0, 0.1) is 23.0 Å². The van der Waals surface area contributed by atoms with Crippen LogP contribution in [0.5, 0.6) is 0 Å². The minimum atomic E-state index is -1.25. The number of fused-ring (bicyclic) bond motifs is 1. The molecule has 1 aliphatic heterocycles. The summed E-state index contributed by atoms with van der Waals surface area (Å²) in [6.45, 7) is -0.816. The molecule has 0 aliphatic carbocycles. The van der Waals surface area contributed by atoms with Gasteiger partial charge in [-0.25, -0.2) is 8.78 Å².